The van der Waals surface area contributed by atoms with Gasteiger partial charge in [-0.1, -0.05) is 37.7 Å². The molecule has 1 amide bonds. The fraction of sp³-hybridized carbons (Fsp3) is 0.615. The van der Waals surface area contributed by atoms with E-state index >= 15 is 0 Å². The summed E-state index contributed by atoms with van der Waals surface area (Å²) >= 11 is 1.31. The molecule has 2 aromatic rings. The molecule has 0 spiro atoms. The molecule has 1 fully saturated rings. The molecule has 0 unspecified atom stereocenters. The van der Waals surface area contributed by atoms with Crippen LogP contribution in [-0.4, -0.2) is 37.0 Å². The minimum absolute atomic E-state index is 0.117. The number of hydrogen-bond acceptors (Lipinski definition) is 7. The lowest BCUT2D eigenvalue weighted by atomic mass is 9.92. The predicted molar refractivity (Wildman–Crippen MR) is 80.6 cm³/mol. The number of hydrogen-bond donors (Lipinski definition) is 1. The smallest absolute Gasteiger partial charge is 0.237 e. The monoisotopic (exact) mass is 322 g/mol. The van der Waals surface area contributed by atoms with Gasteiger partial charge in [0, 0.05) is 11.5 Å². The van der Waals surface area contributed by atoms with E-state index in [2.05, 4.69) is 26.0 Å². The van der Waals surface area contributed by atoms with Crippen LogP contribution in [0.5, 0.6) is 0 Å². The second kappa shape index (κ2) is 5.71. The van der Waals surface area contributed by atoms with Crippen LogP contribution in [0.4, 0.5) is 5.88 Å². The number of thioether (sulfide) groups is 1. The molecule has 2 aromatic heterocycles. The molecule has 1 N–H and O–H groups in total. The Morgan fingerprint density at radius 3 is 2.91 bits per heavy atom. The summed E-state index contributed by atoms with van der Waals surface area (Å²) in [5, 5.41) is 18.9. The molecule has 1 aliphatic carbocycles. The first kappa shape index (κ1) is 15.0. The van der Waals surface area contributed by atoms with Gasteiger partial charge in [-0.3, -0.25) is 10.1 Å². The van der Waals surface area contributed by atoms with Gasteiger partial charge in [0.1, 0.15) is 0 Å². The van der Waals surface area contributed by atoms with Gasteiger partial charge in [-0.05, 0) is 23.3 Å². The normalized spacial score (nSPS) is 15.0. The Kier molecular flexibility index (Phi) is 3.90. The van der Waals surface area contributed by atoms with Crippen molar-refractivity contribution < 1.29 is 9.32 Å². The van der Waals surface area contributed by atoms with Crippen LogP contribution in [0, 0.1) is 0 Å². The topological polar surface area (TPSA) is 98.7 Å². The molecule has 8 nitrogen and oxygen atoms in total. The highest BCUT2D eigenvalue weighted by Crippen LogP contribution is 2.36. The van der Waals surface area contributed by atoms with Gasteiger partial charge < -0.3 is 4.52 Å². The maximum atomic E-state index is 12.0. The molecule has 22 heavy (non-hydrogen) atoms. The van der Waals surface area contributed by atoms with Gasteiger partial charge in [0.15, 0.2) is 0 Å². The van der Waals surface area contributed by atoms with Gasteiger partial charge in [-0.2, -0.15) is 0 Å². The fourth-order valence-electron chi connectivity index (χ4n) is 1.82. The van der Waals surface area contributed by atoms with Gasteiger partial charge in [-0.15, -0.1) is 5.10 Å². The molecule has 0 radical (unpaired) electrons. The number of amides is 1. The van der Waals surface area contributed by atoms with Crippen LogP contribution in [0.25, 0.3) is 0 Å². The highest BCUT2D eigenvalue weighted by molar-refractivity contribution is 7.99. The third-order valence-corrected chi connectivity index (χ3v) is 4.16. The van der Waals surface area contributed by atoms with E-state index in [0.717, 1.165) is 18.5 Å². The number of tetrazole rings is 1. The van der Waals surface area contributed by atoms with Crippen molar-refractivity contribution in [3.05, 3.63) is 11.8 Å². The SMILES string of the molecule is CC(C)(C)c1cc(NC(=O)CSc2nnnn2C2CC2)on1. The maximum absolute atomic E-state index is 12.0. The number of nitrogens with one attached hydrogen (secondary N) is 1. The number of anilines is 1. The first-order chi connectivity index (χ1) is 10.4. The lowest BCUT2D eigenvalue weighted by Gasteiger charge is -2.12. The van der Waals surface area contributed by atoms with Crippen LogP contribution in [0.2, 0.25) is 0 Å². The predicted octanol–water partition coefficient (Wildman–Crippen LogP) is 2.02. The molecule has 0 saturated heterocycles. The molecular formula is C13H18N6O2S. The second-order valence-electron chi connectivity index (χ2n) is 6.30. The maximum Gasteiger partial charge on any atom is 0.237 e. The summed E-state index contributed by atoms with van der Waals surface area (Å²) in [6.45, 7) is 6.10. The lowest BCUT2D eigenvalue weighted by Crippen LogP contribution is -2.14. The molecule has 2 heterocycles. The van der Waals surface area contributed by atoms with E-state index in [1.165, 1.54) is 11.8 Å². The zero-order chi connectivity index (χ0) is 15.7. The van der Waals surface area contributed by atoms with Crippen molar-refractivity contribution in [2.45, 2.75) is 50.2 Å². The molecule has 0 aliphatic heterocycles. The molecule has 0 aromatic carbocycles. The molecule has 0 bridgehead atoms. The average molecular weight is 322 g/mol. The fourth-order valence-corrected chi connectivity index (χ4v) is 2.56. The quantitative estimate of drug-likeness (QED) is 0.841. The van der Waals surface area contributed by atoms with Crippen LogP contribution in [-0.2, 0) is 10.2 Å². The summed E-state index contributed by atoms with van der Waals surface area (Å²) in [6.07, 6.45) is 2.19. The van der Waals surface area contributed by atoms with E-state index in [1.807, 2.05) is 20.8 Å². The number of nitrogens with zero attached hydrogens (tertiary/aromatic N) is 5. The zero-order valence-corrected chi connectivity index (χ0v) is 13.6. The van der Waals surface area contributed by atoms with Crippen molar-refractivity contribution in [1.29, 1.82) is 0 Å². The second-order valence-corrected chi connectivity index (χ2v) is 7.24. The van der Waals surface area contributed by atoms with E-state index in [4.69, 9.17) is 4.52 Å². The van der Waals surface area contributed by atoms with Crippen molar-refractivity contribution in [3.63, 3.8) is 0 Å². The zero-order valence-electron chi connectivity index (χ0n) is 12.7. The van der Waals surface area contributed by atoms with Gasteiger partial charge in [0.05, 0.1) is 17.5 Å². The van der Waals surface area contributed by atoms with E-state index in [0.29, 0.717) is 17.1 Å². The summed E-state index contributed by atoms with van der Waals surface area (Å²) in [5.41, 5.74) is 0.682. The average Bonchev–Trinajstić information content (AvgIpc) is 2.99. The van der Waals surface area contributed by atoms with Crippen molar-refractivity contribution >= 4 is 23.6 Å². The molecule has 0 atom stereocenters. The summed E-state index contributed by atoms with van der Waals surface area (Å²) in [4.78, 5) is 12.0. The first-order valence-electron chi connectivity index (χ1n) is 7.11. The molecule has 1 saturated carbocycles. The molecule has 3 rings (SSSR count). The highest BCUT2D eigenvalue weighted by atomic mass is 32.2. The van der Waals surface area contributed by atoms with E-state index in [1.54, 1.807) is 10.7 Å². The molecule has 9 heteroatoms. The van der Waals surface area contributed by atoms with E-state index < -0.39 is 0 Å². The van der Waals surface area contributed by atoms with Crippen LogP contribution >= 0.6 is 11.8 Å². The Morgan fingerprint density at radius 1 is 1.50 bits per heavy atom. The Hall–Kier alpha value is -1.90. The third-order valence-electron chi connectivity index (χ3n) is 3.23. The van der Waals surface area contributed by atoms with Gasteiger partial charge >= 0.3 is 0 Å². The number of carbonyl (C=O) groups excluding carboxylic acids is 1. The van der Waals surface area contributed by atoms with Crippen molar-refractivity contribution in [2.75, 3.05) is 11.1 Å². The van der Waals surface area contributed by atoms with Gasteiger partial charge in [0.2, 0.25) is 16.9 Å². The summed E-state index contributed by atoms with van der Waals surface area (Å²) < 4.78 is 6.92. The molecule has 1 aliphatic rings. The van der Waals surface area contributed by atoms with Crippen molar-refractivity contribution in [1.82, 2.24) is 25.4 Å². The molecular weight excluding hydrogens is 304 g/mol. The standard InChI is InChI=1S/C13H18N6O2S/c1-13(2,3)9-6-11(21-16-9)14-10(20)7-22-12-15-17-18-19(12)8-4-5-8/h6,8H,4-5,7H2,1-3H3,(H,14,20). The first-order valence-corrected chi connectivity index (χ1v) is 8.10. The summed E-state index contributed by atoms with van der Waals surface area (Å²) in [7, 11) is 0. The minimum Gasteiger partial charge on any atom is -0.338 e. The Morgan fingerprint density at radius 2 is 2.27 bits per heavy atom. The summed E-state index contributed by atoms with van der Waals surface area (Å²) in [6, 6.07) is 2.14. The van der Waals surface area contributed by atoms with Gasteiger partial charge in [-0.25, -0.2) is 4.68 Å². The Bertz CT molecular complexity index is 670. The van der Waals surface area contributed by atoms with Crippen LogP contribution < -0.4 is 5.32 Å². The van der Waals surface area contributed by atoms with Crippen LogP contribution in [0.15, 0.2) is 15.7 Å². The third kappa shape index (κ3) is 3.46. The highest BCUT2D eigenvalue weighted by Gasteiger charge is 2.28. The molecule has 118 valence electrons. The number of aromatic nitrogens is 5. The van der Waals surface area contributed by atoms with Gasteiger partial charge in [0.25, 0.3) is 0 Å². The van der Waals surface area contributed by atoms with E-state index in [9.17, 15) is 4.79 Å². The lowest BCUT2D eigenvalue weighted by molar-refractivity contribution is -0.113. The minimum atomic E-state index is -0.174. The van der Waals surface area contributed by atoms with Crippen molar-refractivity contribution in [2.24, 2.45) is 0 Å². The Labute approximate surface area is 132 Å². The van der Waals surface area contributed by atoms with Crippen LogP contribution in [0.3, 0.4) is 0 Å². The van der Waals surface area contributed by atoms with Crippen LogP contribution in [0.1, 0.15) is 45.3 Å². The van der Waals surface area contributed by atoms with Crippen molar-refractivity contribution in [3.8, 4) is 0 Å². The number of rotatable bonds is 5. The largest absolute Gasteiger partial charge is 0.338 e. The Balaban J connectivity index is 1.54. The van der Waals surface area contributed by atoms with E-state index in [-0.39, 0.29) is 17.1 Å². The summed E-state index contributed by atoms with van der Waals surface area (Å²) in [5.74, 6) is 0.405. The number of carbonyl (C=O) groups is 1.